The van der Waals surface area contributed by atoms with Gasteiger partial charge >= 0.3 is 10.1 Å². The van der Waals surface area contributed by atoms with Crippen LogP contribution in [0.1, 0.15) is 19.4 Å². The van der Waals surface area contributed by atoms with E-state index in [9.17, 15) is 21.6 Å². The van der Waals surface area contributed by atoms with Crippen molar-refractivity contribution >= 4 is 71.7 Å². The summed E-state index contributed by atoms with van der Waals surface area (Å²) >= 11 is 6.74. The van der Waals surface area contributed by atoms with E-state index in [0.29, 0.717) is 17.5 Å². The number of carbonyl (C=O) groups is 1. The van der Waals surface area contributed by atoms with Crippen LogP contribution in [0.5, 0.6) is 5.75 Å². The van der Waals surface area contributed by atoms with Crippen LogP contribution in [-0.2, 0) is 24.7 Å². The maximum Gasteiger partial charge on any atom is 0.306 e. The predicted octanol–water partition coefficient (Wildman–Crippen LogP) is 2.08. The van der Waals surface area contributed by atoms with Gasteiger partial charge < -0.3 is 4.18 Å². The Hall–Kier alpha value is -2.22. The van der Waals surface area contributed by atoms with Crippen molar-refractivity contribution in [2.75, 3.05) is 6.26 Å². The van der Waals surface area contributed by atoms with Gasteiger partial charge in [-0.2, -0.15) is 17.8 Å². The normalized spacial score (nSPS) is 18.6. The fraction of sp³-hybridized carbons (Fsp3) is 0.250. The van der Waals surface area contributed by atoms with Crippen LogP contribution in [-0.4, -0.2) is 55.3 Å². The molecule has 0 saturated carbocycles. The maximum absolute atomic E-state index is 12.6. The summed E-state index contributed by atoms with van der Waals surface area (Å²) in [4.78, 5) is 17.2. The van der Waals surface area contributed by atoms with E-state index in [-0.39, 0.29) is 26.7 Å². The number of aliphatic imine (C=N–C) groups is 1. The Morgan fingerprint density at radius 1 is 1.27 bits per heavy atom. The van der Waals surface area contributed by atoms with Crippen molar-refractivity contribution in [1.29, 1.82) is 5.41 Å². The molecule has 30 heavy (non-hydrogen) atoms. The first-order valence-electron chi connectivity index (χ1n) is 8.23. The molecule has 0 radical (unpaired) electrons. The summed E-state index contributed by atoms with van der Waals surface area (Å²) in [6.07, 6.45) is 2.17. The van der Waals surface area contributed by atoms with Crippen LogP contribution in [0.3, 0.4) is 0 Å². The first-order valence-corrected chi connectivity index (χ1v) is 12.7. The molecule has 0 unspecified atom stereocenters. The maximum atomic E-state index is 12.6. The number of hydrogen-bond acceptors (Lipinski definition) is 9. The number of amidine groups is 3. The van der Waals surface area contributed by atoms with Crippen LogP contribution >= 0.6 is 23.5 Å². The van der Waals surface area contributed by atoms with Crippen LogP contribution in [0.15, 0.2) is 33.2 Å². The highest BCUT2D eigenvalue weighted by Crippen LogP contribution is 2.32. The average Bonchev–Trinajstić information content (AvgIpc) is 3.04. The third-order valence-corrected chi connectivity index (χ3v) is 7.50. The summed E-state index contributed by atoms with van der Waals surface area (Å²) in [6, 6.07) is 4.06. The summed E-state index contributed by atoms with van der Waals surface area (Å²) in [6.45, 7) is 2.96. The van der Waals surface area contributed by atoms with Gasteiger partial charge in [0.05, 0.1) is 34.0 Å². The Kier molecular flexibility index (Phi) is 5.84. The largest absolute Gasteiger partial charge is 0.381 e. The molecule has 0 aromatic heterocycles. The number of carbonyl (C=O) groups excluding carboxylic acids is 1. The summed E-state index contributed by atoms with van der Waals surface area (Å²) < 4.78 is 56.3. The van der Waals surface area contributed by atoms with Gasteiger partial charge in [0.2, 0.25) is 20.2 Å². The van der Waals surface area contributed by atoms with Crippen molar-refractivity contribution in [3.63, 3.8) is 0 Å². The van der Waals surface area contributed by atoms with Gasteiger partial charge in [0.25, 0.3) is 5.91 Å². The number of rotatable bonds is 4. The van der Waals surface area contributed by atoms with E-state index in [1.807, 2.05) is 0 Å². The highest BCUT2D eigenvalue weighted by Gasteiger charge is 2.43. The van der Waals surface area contributed by atoms with E-state index in [1.54, 1.807) is 0 Å². The van der Waals surface area contributed by atoms with Crippen LogP contribution in [0.4, 0.5) is 0 Å². The summed E-state index contributed by atoms with van der Waals surface area (Å²) in [5.41, 5.74) is 0.172. The number of nitrogens with zero attached hydrogens (tertiary/aromatic N) is 3. The molecule has 14 heteroatoms. The number of sulfone groups is 1. The molecule has 1 aromatic rings. The minimum absolute atomic E-state index is 0.0173. The standard InChI is InChI=1S/C16H15ClN4O6S3/c1-8(2)30(25,26)16-20-28-15-19-14(22)10(13(18)21(15)16)6-9-4-5-12(11(17)7-9)27-29(3,23)24/h4-8,18H,1-3H3/b10-6-,18-13?. The third-order valence-electron chi connectivity index (χ3n) is 3.88. The SMILES string of the molecule is CC(C)S(=O)(=O)C1=NSC2=NC(=O)/C(=C\c3ccc(OS(C)(=O)=O)c(Cl)c3)C(=N)N21. The van der Waals surface area contributed by atoms with Crippen molar-refractivity contribution < 1.29 is 25.8 Å². The molecule has 0 bridgehead atoms. The molecule has 0 aliphatic carbocycles. The fourth-order valence-electron chi connectivity index (χ4n) is 2.40. The zero-order valence-corrected chi connectivity index (χ0v) is 19.0. The number of fused-ring (bicyclic) bond motifs is 1. The first kappa shape index (κ1) is 22.5. The molecular formula is C16H15ClN4O6S3. The molecule has 0 saturated heterocycles. The molecule has 2 heterocycles. The number of benzene rings is 1. The molecule has 2 aliphatic heterocycles. The van der Waals surface area contributed by atoms with Crippen LogP contribution in [0.2, 0.25) is 5.02 Å². The minimum Gasteiger partial charge on any atom is -0.381 e. The van der Waals surface area contributed by atoms with Crippen LogP contribution in [0, 0.1) is 5.41 Å². The summed E-state index contributed by atoms with van der Waals surface area (Å²) in [7, 11) is -7.60. The monoisotopic (exact) mass is 490 g/mol. The van der Waals surface area contributed by atoms with E-state index >= 15 is 0 Å². The van der Waals surface area contributed by atoms with Gasteiger partial charge in [0.1, 0.15) is 5.84 Å². The zero-order chi connectivity index (χ0) is 22.4. The first-order chi connectivity index (χ1) is 13.8. The number of halogens is 1. The van der Waals surface area contributed by atoms with E-state index in [2.05, 4.69) is 9.39 Å². The van der Waals surface area contributed by atoms with Crippen molar-refractivity contribution in [3.8, 4) is 5.75 Å². The van der Waals surface area contributed by atoms with Crippen LogP contribution in [0.25, 0.3) is 6.08 Å². The molecule has 2 aliphatic rings. The molecule has 0 fully saturated rings. The predicted molar refractivity (Wildman–Crippen MR) is 116 cm³/mol. The molecule has 1 aromatic carbocycles. The van der Waals surface area contributed by atoms with Crippen molar-refractivity contribution in [2.24, 2.45) is 9.39 Å². The molecule has 0 spiro atoms. The lowest BCUT2D eigenvalue weighted by atomic mass is 10.1. The lowest BCUT2D eigenvalue weighted by molar-refractivity contribution is -0.114. The van der Waals surface area contributed by atoms with Gasteiger partial charge in [0.15, 0.2) is 5.75 Å². The highest BCUT2D eigenvalue weighted by molar-refractivity contribution is 8.16. The van der Waals surface area contributed by atoms with Crippen molar-refractivity contribution in [2.45, 2.75) is 19.1 Å². The Balaban J connectivity index is 1.99. The van der Waals surface area contributed by atoms with E-state index in [0.717, 1.165) is 11.2 Å². The summed E-state index contributed by atoms with van der Waals surface area (Å²) in [5, 5.41) is 7.19. The van der Waals surface area contributed by atoms with Gasteiger partial charge in [-0.15, -0.1) is 0 Å². The lowest BCUT2D eigenvalue weighted by Gasteiger charge is -2.25. The number of amides is 1. The second-order valence-electron chi connectivity index (χ2n) is 6.48. The third kappa shape index (κ3) is 4.29. The van der Waals surface area contributed by atoms with Crippen LogP contribution < -0.4 is 4.18 Å². The Labute approximate surface area is 182 Å². The average molecular weight is 491 g/mol. The molecule has 1 N–H and O–H groups in total. The van der Waals surface area contributed by atoms with Crippen molar-refractivity contribution in [1.82, 2.24) is 4.90 Å². The Morgan fingerprint density at radius 2 is 1.93 bits per heavy atom. The molecule has 3 rings (SSSR count). The zero-order valence-electron chi connectivity index (χ0n) is 15.8. The summed E-state index contributed by atoms with van der Waals surface area (Å²) in [5.74, 6) is -1.24. The molecule has 10 nitrogen and oxygen atoms in total. The minimum atomic E-state index is -3.82. The molecular weight excluding hydrogens is 476 g/mol. The lowest BCUT2D eigenvalue weighted by Crippen LogP contribution is -2.46. The molecule has 160 valence electrons. The second-order valence-corrected chi connectivity index (χ2v) is 11.6. The van der Waals surface area contributed by atoms with Crippen molar-refractivity contribution in [3.05, 3.63) is 34.4 Å². The van der Waals surface area contributed by atoms with E-state index in [1.165, 1.54) is 38.1 Å². The smallest absolute Gasteiger partial charge is 0.306 e. The van der Waals surface area contributed by atoms with Gasteiger partial charge in [-0.25, -0.2) is 13.3 Å². The molecule has 0 atom stereocenters. The quantitative estimate of drug-likeness (QED) is 0.383. The Bertz CT molecular complexity index is 1270. The number of hydrogen-bond donors (Lipinski definition) is 1. The number of nitrogens with one attached hydrogen (secondary N) is 1. The second kappa shape index (κ2) is 7.80. The van der Waals surface area contributed by atoms with E-state index < -0.39 is 36.9 Å². The van der Waals surface area contributed by atoms with Gasteiger partial charge in [-0.05, 0) is 37.6 Å². The van der Waals surface area contributed by atoms with E-state index in [4.69, 9.17) is 21.2 Å². The molecule has 1 amide bonds. The highest BCUT2D eigenvalue weighted by atomic mass is 35.5. The topological polar surface area (TPSA) is 146 Å². The fourth-order valence-corrected chi connectivity index (χ4v) is 5.21. The Morgan fingerprint density at radius 3 is 2.50 bits per heavy atom. The van der Waals surface area contributed by atoms with Gasteiger partial charge in [-0.3, -0.25) is 10.2 Å². The van der Waals surface area contributed by atoms with Gasteiger partial charge in [-0.1, -0.05) is 17.7 Å². The van der Waals surface area contributed by atoms with Gasteiger partial charge in [0, 0.05) is 0 Å².